The van der Waals surface area contributed by atoms with Crippen molar-refractivity contribution < 1.29 is 4.74 Å². The molecule has 1 N–H and O–H groups in total. The summed E-state index contributed by atoms with van der Waals surface area (Å²) in [7, 11) is 0. The molecule has 0 amide bonds. The number of nitrogens with zero attached hydrogens (tertiary/aromatic N) is 1. The van der Waals surface area contributed by atoms with Crippen molar-refractivity contribution in [2.75, 3.05) is 32.8 Å². The van der Waals surface area contributed by atoms with Crippen LogP contribution in [0.5, 0.6) is 5.75 Å². The van der Waals surface area contributed by atoms with E-state index in [4.69, 9.17) is 4.74 Å². The quantitative estimate of drug-likeness (QED) is 0.742. The van der Waals surface area contributed by atoms with Gasteiger partial charge in [-0.2, -0.15) is 0 Å². The Balaban J connectivity index is 2.56. The van der Waals surface area contributed by atoms with Gasteiger partial charge in [0.15, 0.2) is 0 Å². The van der Waals surface area contributed by atoms with Crippen LogP contribution in [0.3, 0.4) is 0 Å². The number of likely N-dealkylation sites (N-methyl/N-ethyl adjacent to an activating group) is 1. The van der Waals surface area contributed by atoms with E-state index < -0.39 is 0 Å². The molecular formula is C16H28N2O. The van der Waals surface area contributed by atoms with E-state index in [9.17, 15) is 0 Å². The first-order valence-electron chi connectivity index (χ1n) is 7.36. The summed E-state index contributed by atoms with van der Waals surface area (Å²) >= 11 is 0. The molecule has 0 aromatic heterocycles. The summed E-state index contributed by atoms with van der Waals surface area (Å²) in [6.45, 7) is 14.4. The highest BCUT2D eigenvalue weighted by molar-refractivity contribution is 5.36. The van der Waals surface area contributed by atoms with E-state index in [-0.39, 0.29) is 0 Å². The lowest BCUT2D eigenvalue weighted by Gasteiger charge is -2.19. The largest absolute Gasteiger partial charge is 0.492 e. The van der Waals surface area contributed by atoms with Crippen molar-refractivity contribution in [3.05, 3.63) is 29.3 Å². The van der Waals surface area contributed by atoms with Gasteiger partial charge in [-0.25, -0.2) is 0 Å². The number of benzene rings is 1. The minimum absolute atomic E-state index is 0.754. The molecule has 0 saturated heterocycles. The molecule has 0 bridgehead atoms. The Bertz CT molecular complexity index is 362. The number of aryl methyl sites for hydroxylation is 1. The molecule has 0 unspecified atom stereocenters. The lowest BCUT2D eigenvalue weighted by Crippen LogP contribution is -2.28. The van der Waals surface area contributed by atoms with Crippen LogP contribution in [0.1, 0.15) is 31.9 Å². The average Bonchev–Trinajstić information content (AvgIpc) is 2.43. The van der Waals surface area contributed by atoms with Crippen LogP contribution in [-0.4, -0.2) is 37.7 Å². The van der Waals surface area contributed by atoms with Gasteiger partial charge in [0.25, 0.3) is 0 Å². The smallest absolute Gasteiger partial charge is 0.123 e. The van der Waals surface area contributed by atoms with Gasteiger partial charge in [0, 0.05) is 18.7 Å². The molecule has 1 aromatic rings. The molecule has 0 aliphatic heterocycles. The summed E-state index contributed by atoms with van der Waals surface area (Å²) in [4.78, 5) is 2.37. The van der Waals surface area contributed by atoms with Crippen molar-refractivity contribution in [2.24, 2.45) is 0 Å². The zero-order valence-corrected chi connectivity index (χ0v) is 12.8. The molecular weight excluding hydrogens is 236 g/mol. The molecule has 108 valence electrons. The molecule has 0 aliphatic carbocycles. The van der Waals surface area contributed by atoms with Crippen LogP contribution in [0.25, 0.3) is 0 Å². The summed E-state index contributed by atoms with van der Waals surface area (Å²) in [5.74, 6) is 1.01. The van der Waals surface area contributed by atoms with Gasteiger partial charge in [0.2, 0.25) is 0 Å². The molecule has 0 radical (unpaired) electrons. The maximum atomic E-state index is 5.94. The number of rotatable bonds is 9. The number of hydrogen-bond donors (Lipinski definition) is 1. The van der Waals surface area contributed by atoms with E-state index >= 15 is 0 Å². The Hall–Kier alpha value is -1.06. The second kappa shape index (κ2) is 8.94. The number of hydrogen-bond acceptors (Lipinski definition) is 3. The van der Waals surface area contributed by atoms with Gasteiger partial charge in [-0.05, 0) is 32.6 Å². The Morgan fingerprint density at radius 3 is 2.53 bits per heavy atom. The van der Waals surface area contributed by atoms with E-state index in [1.54, 1.807) is 0 Å². The third-order valence-electron chi connectivity index (χ3n) is 3.34. The minimum atomic E-state index is 0.754. The second-order valence-electron chi connectivity index (χ2n) is 4.77. The number of nitrogens with one attached hydrogen (secondary N) is 1. The van der Waals surface area contributed by atoms with Gasteiger partial charge in [-0.1, -0.05) is 38.5 Å². The van der Waals surface area contributed by atoms with Gasteiger partial charge in [0.1, 0.15) is 12.4 Å². The van der Waals surface area contributed by atoms with E-state index in [1.165, 1.54) is 11.1 Å². The van der Waals surface area contributed by atoms with Crippen LogP contribution in [-0.2, 0) is 6.54 Å². The molecule has 3 heteroatoms. The fourth-order valence-electron chi connectivity index (χ4n) is 2.07. The topological polar surface area (TPSA) is 24.5 Å². The van der Waals surface area contributed by atoms with Crippen LogP contribution in [0, 0.1) is 6.92 Å². The van der Waals surface area contributed by atoms with Gasteiger partial charge in [0.05, 0.1) is 0 Å². The Morgan fingerprint density at radius 1 is 1.16 bits per heavy atom. The minimum Gasteiger partial charge on any atom is -0.492 e. The van der Waals surface area contributed by atoms with Crippen LogP contribution in [0.15, 0.2) is 18.2 Å². The second-order valence-corrected chi connectivity index (χ2v) is 4.77. The molecule has 0 saturated carbocycles. The Kier molecular flexibility index (Phi) is 7.53. The van der Waals surface area contributed by atoms with Crippen molar-refractivity contribution in [3.8, 4) is 5.75 Å². The lowest BCUT2D eigenvalue weighted by molar-refractivity contribution is 0.221. The number of ether oxygens (including phenoxy) is 1. The maximum absolute atomic E-state index is 5.94. The summed E-state index contributed by atoms with van der Waals surface area (Å²) in [5, 5.41) is 3.36. The fourth-order valence-corrected chi connectivity index (χ4v) is 2.07. The van der Waals surface area contributed by atoms with E-state index in [0.717, 1.165) is 45.1 Å². The first-order chi connectivity index (χ1) is 9.21. The summed E-state index contributed by atoms with van der Waals surface area (Å²) in [5.41, 5.74) is 2.53. The fraction of sp³-hybridized carbons (Fsp3) is 0.625. The van der Waals surface area contributed by atoms with Gasteiger partial charge >= 0.3 is 0 Å². The predicted molar refractivity (Wildman–Crippen MR) is 81.8 cm³/mol. The van der Waals surface area contributed by atoms with Gasteiger partial charge in [-0.15, -0.1) is 0 Å². The zero-order valence-electron chi connectivity index (χ0n) is 12.8. The highest BCUT2D eigenvalue weighted by Gasteiger charge is 2.05. The molecule has 1 rings (SSSR count). The van der Waals surface area contributed by atoms with Gasteiger partial charge in [-0.3, -0.25) is 0 Å². The van der Waals surface area contributed by atoms with E-state index in [0.29, 0.717) is 0 Å². The summed E-state index contributed by atoms with van der Waals surface area (Å²) < 4.78 is 5.94. The van der Waals surface area contributed by atoms with E-state index in [2.05, 4.69) is 56.1 Å². The summed E-state index contributed by atoms with van der Waals surface area (Å²) in [6, 6.07) is 6.40. The lowest BCUT2D eigenvalue weighted by atomic mass is 10.1. The Labute approximate surface area is 118 Å². The molecule has 0 atom stereocenters. The first kappa shape index (κ1) is 16.0. The van der Waals surface area contributed by atoms with E-state index in [1.807, 2.05) is 0 Å². The average molecular weight is 264 g/mol. The molecule has 3 nitrogen and oxygen atoms in total. The first-order valence-corrected chi connectivity index (χ1v) is 7.36. The standard InChI is InChI=1S/C16H28N2O/c1-5-17-13-15-12-14(4)8-9-16(15)19-11-10-18(6-2)7-3/h8-9,12,17H,5-7,10-11,13H2,1-4H3. The molecule has 0 fully saturated rings. The van der Waals surface area contributed by atoms with Crippen LogP contribution < -0.4 is 10.1 Å². The van der Waals surface area contributed by atoms with Crippen molar-refractivity contribution in [1.29, 1.82) is 0 Å². The van der Waals surface area contributed by atoms with Crippen LogP contribution in [0.2, 0.25) is 0 Å². The zero-order chi connectivity index (χ0) is 14.1. The SMILES string of the molecule is CCNCc1cc(C)ccc1OCCN(CC)CC. The van der Waals surface area contributed by atoms with Crippen molar-refractivity contribution in [2.45, 2.75) is 34.2 Å². The van der Waals surface area contributed by atoms with Gasteiger partial charge < -0.3 is 15.0 Å². The third kappa shape index (κ3) is 5.62. The normalized spacial score (nSPS) is 11.0. The highest BCUT2D eigenvalue weighted by atomic mass is 16.5. The molecule has 0 spiro atoms. The molecule has 19 heavy (non-hydrogen) atoms. The van der Waals surface area contributed by atoms with Crippen molar-refractivity contribution in [3.63, 3.8) is 0 Å². The molecule has 1 aromatic carbocycles. The Morgan fingerprint density at radius 2 is 1.89 bits per heavy atom. The van der Waals surface area contributed by atoms with Crippen LogP contribution in [0.4, 0.5) is 0 Å². The monoisotopic (exact) mass is 264 g/mol. The van der Waals surface area contributed by atoms with Crippen molar-refractivity contribution in [1.82, 2.24) is 10.2 Å². The van der Waals surface area contributed by atoms with Crippen LogP contribution >= 0.6 is 0 Å². The predicted octanol–water partition coefficient (Wildman–Crippen LogP) is 2.83. The van der Waals surface area contributed by atoms with Crippen molar-refractivity contribution >= 4 is 0 Å². The third-order valence-corrected chi connectivity index (χ3v) is 3.34. The highest BCUT2D eigenvalue weighted by Crippen LogP contribution is 2.20. The molecule has 0 aliphatic rings. The molecule has 0 heterocycles. The summed E-state index contributed by atoms with van der Waals surface area (Å²) in [6.07, 6.45) is 0. The maximum Gasteiger partial charge on any atom is 0.123 e.